The smallest absolute Gasteiger partial charge is 0.264 e. The van der Waals surface area contributed by atoms with Crippen molar-refractivity contribution >= 4 is 50.7 Å². The molecule has 0 heterocycles. The zero-order valence-corrected chi connectivity index (χ0v) is 28.3. The van der Waals surface area contributed by atoms with E-state index in [2.05, 4.69) is 5.32 Å². The summed E-state index contributed by atoms with van der Waals surface area (Å²) in [6.45, 7) is 5.31. The fraction of sp³-hybridized carbons (Fsp3) is 0.257. The van der Waals surface area contributed by atoms with Crippen LogP contribution in [0.3, 0.4) is 0 Å². The number of nitrogens with one attached hydrogen (secondary N) is 1. The molecule has 2 amide bonds. The number of halogens is 2. The van der Waals surface area contributed by atoms with Crippen molar-refractivity contribution in [3.05, 3.63) is 118 Å². The summed E-state index contributed by atoms with van der Waals surface area (Å²) >= 11 is 12.6. The van der Waals surface area contributed by atoms with E-state index in [0.29, 0.717) is 33.7 Å². The predicted molar refractivity (Wildman–Crippen MR) is 183 cm³/mol. The Morgan fingerprint density at radius 2 is 1.54 bits per heavy atom. The topological polar surface area (TPSA) is 96.0 Å². The number of para-hydroxylation sites is 1. The first-order valence-electron chi connectivity index (χ1n) is 14.9. The number of rotatable bonds is 14. The fourth-order valence-corrected chi connectivity index (χ4v) is 6.51. The third-order valence-corrected chi connectivity index (χ3v) is 9.72. The number of carbonyl (C=O) groups is 2. The molecule has 0 aliphatic rings. The summed E-state index contributed by atoms with van der Waals surface area (Å²) < 4.78 is 35.2. The Hall–Kier alpha value is -4.05. The van der Waals surface area contributed by atoms with Crippen molar-refractivity contribution in [1.29, 1.82) is 0 Å². The first-order chi connectivity index (χ1) is 22.0. The third-order valence-electron chi connectivity index (χ3n) is 7.34. The maximum Gasteiger partial charge on any atom is 0.264 e. The van der Waals surface area contributed by atoms with Crippen LogP contribution < -0.4 is 14.4 Å². The van der Waals surface area contributed by atoms with Crippen molar-refractivity contribution in [1.82, 2.24) is 10.2 Å². The van der Waals surface area contributed by atoms with E-state index in [4.69, 9.17) is 27.9 Å². The number of anilines is 1. The standard InChI is InChI=1S/C35H37Cl2N3O5S/c1-4-5-21-38-35(42)26(3)39(23-27-13-14-28(36)22-33(27)37)34(41)24-40(46(43,44)32-19-11-25(2)12-20-32)29-15-17-31(18-16-29)45-30-9-7-6-8-10-30/h6-20,22,26H,4-5,21,23-24H2,1-3H3,(H,38,42)/t26-/m1/s1. The molecular weight excluding hydrogens is 645 g/mol. The molecule has 1 N–H and O–H groups in total. The van der Waals surface area contributed by atoms with Gasteiger partial charge in [0.25, 0.3) is 10.0 Å². The van der Waals surface area contributed by atoms with E-state index in [0.717, 1.165) is 22.7 Å². The van der Waals surface area contributed by atoms with Crippen LogP contribution in [0, 0.1) is 6.92 Å². The number of unbranched alkanes of at least 4 members (excludes halogenated alkanes) is 1. The van der Waals surface area contributed by atoms with Gasteiger partial charge in [-0.25, -0.2) is 8.42 Å². The SMILES string of the molecule is CCCCNC(=O)[C@@H](C)N(Cc1ccc(Cl)cc1Cl)C(=O)CN(c1ccc(Oc2ccccc2)cc1)S(=O)(=O)c1ccc(C)cc1. The summed E-state index contributed by atoms with van der Waals surface area (Å²) in [6, 6.07) is 26.0. The minimum absolute atomic E-state index is 0.0214. The number of hydrogen-bond acceptors (Lipinski definition) is 5. The lowest BCUT2D eigenvalue weighted by atomic mass is 10.1. The predicted octanol–water partition coefficient (Wildman–Crippen LogP) is 7.62. The molecule has 8 nitrogen and oxygen atoms in total. The molecule has 0 spiro atoms. The Balaban J connectivity index is 1.70. The second-order valence-electron chi connectivity index (χ2n) is 10.8. The molecule has 242 valence electrons. The van der Waals surface area contributed by atoms with Gasteiger partial charge in [0.2, 0.25) is 11.8 Å². The van der Waals surface area contributed by atoms with Gasteiger partial charge >= 0.3 is 0 Å². The lowest BCUT2D eigenvalue weighted by molar-refractivity contribution is -0.139. The van der Waals surface area contributed by atoms with Crippen LogP contribution in [0.4, 0.5) is 5.69 Å². The summed E-state index contributed by atoms with van der Waals surface area (Å²) in [6.07, 6.45) is 1.67. The van der Waals surface area contributed by atoms with E-state index in [9.17, 15) is 18.0 Å². The molecule has 0 aromatic heterocycles. The number of carbonyl (C=O) groups excluding carboxylic acids is 2. The molecular formula is C35H37Cl2N3O5S. The number of nitrogens with zero attached hydrogens (tertiary/aromatic N) is 2. The van der Waals surface area contributed by atoms with E-state index in [-0.39, 0.29) is 23.0 Å². The first-order valence-corrected chi connectivity index (χ1v) is 17.1. The zero-order valence-electron chi connectivity index (χ0n) is 26.0. The van der Waals surface area contributed by atoms with E-state index < -0.39 is 28.5 Å². The maximum atomic E-state index is 14.2. The van der Waals surface area contributed by atoms with Gasteiger partial charge in [-0.05, 0) is 86.5 Å². The highest BCUT2D eigenvalue weighted by Gasteiger charge is 2.33. The Morgan fingerprint density at radius 1 is 0.891 bits per heavy atom. The van der Waals surface area contributed by atoms with E-state index >= 15 is 0 Å². The number of sulfonamides is 1. The highest BCUT2D eigenvalue weighted by Crippen LogP contribution is 2.29. The van der Waals surface area contributed by atoms with Crippen LogP contribution in [-0.4, -0.2) is 44.3 Å². The lowest BCUT2D eigenvalue weighted by Crippen LogP contribution is -2.51. The molecule has 46 heavy (non-hydrogen) atoms. The quantitative estimate of drug-likeness (QED) is 0.138. The van der Waals surface area contributed by atoms with Gasteiger partial charge in [0.1, 0.15) is 24.1 Å². The monoisotopic (exact) mass is 681 g/mol. The van der Waals surface area contributed by atoms with Crippen molar-refractivity contribution in [2.45, 2.75) is 51.1 Å². The molecule has 0 aliphatic carbocycles. The molecule has 1 atom stereocenters. The molecule has 0 saturated heterocycles. The average Bonchev–Trinajstić information content (AvgIpc) is 3.04. The molecule has 4 aromatic rings. The summed E-state index contributed by atoms with van der Waals surface area (Å²) in [5.41, 5.74) is 1.69. The van der Waals surface area contributed by atoms with Crippen molar-refractivity contribution in [3.8, 4) is 11.5 Å². The van der Waals surface area contributed by atoms with Crippen LogP contribution in [0.1, 0.15) is 37.8 Å². The largest absolute Gasteiger partial charge is 0.457 e. The Labute approximate surface area is 280 Å². The second-order valence-corrected chi connectivity index (χ2v) is 13.5. The maximum absolute atomic E-state index is 14.2. The second kappa shape index (κ2) is 16.0. The Kier molecular flexibility index (Phi) is 12.1. The van der Waals surface area contributed by atoms with Gasteiger partial charge in [0.05, 0.1) is 10.6 Å². The highest BCUT2D eigenvalue weighted by atomic mass is 35.5. The molecule has 0 fully saturated rings. The van der Waals surface area contributed by atoms with Gasteiger partial charge < -0.3 is 15.0 Å². The molecule has 0 aliphatic heterocycles. The third kappa shape index (κ3) is 9.02. The van der Waals surface area contributed by atoms with Gasteiger partial charge in [-0.1, -0.05) is 78.5 Å². The van der Waals surface area contributed by atoms with Crippen LogP contribution in [0.5, 0.6) is 11.5 Å². The van der Waals surface area contributed by atoms with Gasteiger partial charge in [-0.3, -0.25) is 13.9 Å². The van der Waals surface area contributed by atoms with Crippen LogP contribution in [0.2, 0.25) is 10.0 Å². The van der Waals surface area contributed by atoms with Crippen LogP contribution in [0.25, 0.3) is 0 Å². The van der Waals surface area contributed by atoms with Crippen molar-refractivity contribution in [3.63, 3.8) is 0 Å². The fourth-order valence-electron chi connectivity index (χ4n) is 4.62. The minimum Gasteiger partial charge on any atom is -0.457 e. The van der Waals surface area contributed by atoms with Gasteiger partial charge in [-0.2, -0.15) is 0 Å². The average molecular weight is 683 g/mol. The minimum atomic E-state index is -4.22. The molecule has 0 saturated carbocycles. The number of hydrogen-bond donors (Lipinski definition) is 1. The van der Waals surface area contributed by atoms with Crippen LogP contribution >= 0.6 is 23.2 Å². The number of benzene rings is 4. The number of ether oxygens (including phenoxy) is 1. The molecule has 0 unspecified atom stereocenters. The van der Waals surface area contributed by atoms with Crippen molar-refractivity contribution in [2.24, 2.45) is 0 Å². The van der Waals surface area contributed by atoms with Crippen LogP contribution in [0.15, 0.2) is 102 Å². The number of amides is 2. The summed E-state index contributed by atoms with van der Waals surface area (Å²) in [5.74, 6) is 0.161. The molecule has 0 radical (unpaired) electrons. The van der Waals surface area contributed by atoms with Crippen molar-refractivity contribution < 1.29 is 22.7 Å². The van der Waals surface area contributed by atoms with Crippen LogP contribution in [-0.2, 0) is 26.2 Å². The lowest BCUT2D eigenvalue weighted by Gasteiger charge is -2.32. The summed E-state index contributed by atoms with van der Waals surface area (Å²) in [7, 11) is -4.22. The summed E-state index contributed by atoms with van der Waals surface area (Å²) in [4.78, 5) is 28.7. The molecule has 11 heteroatoms. The van der Waals surface area contributed by atoms with Gasteiger partial charge in [0, 0.05) is 23.1 Å². The van der Waals surface area contributed by atoms with Gasteiger partial charge in [0.15, 0.2) is 0 Å². The van der Waals surface area contributed by atoms with E-state index in [1.165, 1.54) is 17.0 Å². The summed E-state index contributed by atoms with van der Waals surface area (Å²) in [5, 5.41) is 3.61. The van der Waals surface area contributed by atoms with E-state index in [1.807, 2.05) is 44.2 Å². The normalized spacial score (nSPS) is 11.8. The number of aryl methyl sites for hydroxylation is 1. The van der Waals surface area contributed by atoms with E-state index in [1.54, 1.807) is 61.5 Å². The van der Waals surface area contributed by atoms with Gasteiger partial charge in [-0.15, -0.1) is 0 Å². The molecule has 4 rings (SSSR count). The zero-order chi connectivity index (χ0) is 33.3. The molecule has 4 aromatic carbocycles. The Bertz CT molecular complexity index is 1730. The molecule has 0 bridgehead atoms. The Morgan fingerprint density at radius 3 is 2.17 bits per heavy atom. The van der Waals surface area contributed by atoms with Crippen molar-refractivity contribution in [2.75, 3.05) is 17.4 Å². The first kappa shape index (κ1) is 34.8. The highest BCUT2D eigenvalue weighted by molar-refractivity contribution is 7.92.